The highest BCUT2D eigenvalue weighted by Crippen LogP contribution is 2.34. The number of ether oxygens (including phenoxy) is 3. The Balaban J connectivity index is 1.23. The van der Waals surface area contributed by atoms with Gasteiger partial charge in [-0.15, -0.1) is 0 Å². The molecular formula is C44H45N3O15. The van der Waals surface area contributed by atoms with Gasteiger partial charge in [-0.05, 0) is 79.8 Å². The lowest BCUT2D eigenvalue weighted by molar-refractivity contribution is -0.318. The number of nitrogens with one attached hydrogen (secondary N) is 2. The van der Waals surface area contributed by atoms with Crippen LogP contribution in [0.4, 0.5) is 0 Å². The second-order valence-electron chi connectivity index (χ2n) is 14.8. The predicted octanol–water partition coefficient (Wildman–Crippen LogP) is 2.56. The summed E-state index contributed by atoms with van der Waals surface area (Å²) in [6, 6.07) is 16.0. The van der Waals surface area contributed by atoms with Crippen molar-refractivity contribution in [1.29, 1.82) is 0 Å². The average molecular weight is 856 g/mol. The van der Waals surface area contributed by atoms with Crippen LogP contribution in [0.1, 0.15) is 30.4 Å². The summed E-state index contributed by atoms with van der Waals surface area (Å²) in [6.07, 6.45) is -4.45. The summed E-state index contributed by atoms with van der Waals surface area (Å²) >= 11 is 0. The van der Waals surface area contributed by atoms with Crippen LogP contribution >= 0.6 is 0 Å². The van der Waals surface area contributed by atoms with Crippen molar-refractivity contribution in [3.63, 3.8) is 0 Å². The molecule has 1 fully saturated rings. The zero-order valence-corrected chi connectivity index (χ0v) is 33.2. The Morgan fingerprint density at radius 1 is 1.02 bits per heavy atom. The molecule has 1 saturated heterocycles. The van der Waals surface area contributed by atoms with E-state index in [1.165, 1.54) is 41.3 Å². The summed E-state index contributed by atoms with van der Waals surface area (Å²) in [5, 5.41) is 66.1. The molecule has 18 heteroatoms. The minimum absolute atomic E-state index is 0.0156. The maximum atomic E-state index is 13.5. The van der Waals surface area contributed by atoms with Gasteiger partial charge in [-0.25, -0.2) is 9.59 Å². The molecular weight excluding hydrogens is 810 g/mol. The number of aliphatic carboxylic acids is 1. The molecule has 3 aromatic heterocycles. The normalized spacial score (nSPS) is 19.9. The number of aromatic nitrogens is 2. The van der Waals surface area contributed by atoms with Crippen LogP contribution in [0.15, 0.2) is 94.6 Å². The van der Waals surface area contributed by atoms with Crippen molar-refractivity contribution in [2.45, 2.75) is 75.6 Å². The topological polar surface area (TPSA) is 272 Å². The first-order valence-electron chi connectivity index (χ1n) is 19.8. The van der Waals surface area contributed by atoms with Crippen LogP contribution in [0.25, 0.3) is 44.3 Å². The van der Waals surface area contributed by atoms with Crippen LogP contribution in [-0.4, -0.2) is 115 Å². The van der Waals surface area contributed by atoms with Gasteiger partial charge >= 0.3 is 11.9 Å². The van der Waals surface area contributed by atoms with Crippen molar-refractivity contribution in [2.75, 3.05) is 13.2 Å². The van der Waals surface area contributed by atoms with Crippen molar-refractivity contribution in [1.82, 2.24) is 15.0 Å². The highest BCUT2D eigenvalue weighted by atomic mass is 16.8. The van der Waals surface area contributed by atoms with Gasteiger partial charge in [0, 0.05) is 42.8 Å². The highest BCUT2D eigenvalue weighted by Gasteiger charge is 2.52. The average Bonchev–Trinajstić information content (AvgIpc) is 3.83. The highest BCUT2D eigenvalue weighted by molar-refractivity contribution is 5.98. The fraction of sp³-hybridized carbons (Fsp3) is 0.318. The molecule has 8 N–H and O–H groups in total. The van der Waals surface area contributed by atoms with Gasteiger partial charge in [0.05, 0.1) is 22.7 Å². The first-order valence-corrected chi connectivity index (χ1v) is 19.8. The number of hydrogen-bond acceptors (Lipinski definition) is 15. The number of aromatic amines is 1. The van der Waals surface area contributed by atoms with Gasteiger partial charge in [-0.3, -0.25) is 10.1 Å². The van der Waals surface area contributed by atoms with E-state index < -0.39 is 55.0 Å². The number of rotatable bonds is 18. The Labute approximate surface area is 352 Å². The van der Waals surface area contributed by atoms with Gasteiger partial charge in [-0.2, -0.15) is 4.73 Å². The molecule has 1 aliphatic rings. The molecule has 0 aliphatic carbocycles. The molecule has 0 amide bonds. The number of carboxylic acids is 1. The predicted molar refractivity (Wildman–Crippen MR) is 220 cm³/mol. The molecule has 7 rings (SSSR count). The van der Waals surface area contributed by atoms with E-state index in [-0.39, 0.29) is 53.0 Å². The van der Waals surface area contributed by atoms with Crippen molar-refractivity contribution >= 4 is 40.1 Å². The van der Waals surface area contributed by atoms with Crippen LogP contribution in [-0.2, 0) is 30.3 Å². The number of carbonyl (C=O) groups is 3. The number of phenolic OH excluding ortho intramolecular Hbond substituents is 1. The minimum atomic E-state index is -2.36. The Morgan fingerprint density at radius 2 is 1.81 bits per heavy atom. The number of hydrogen-bond donors (Lipinski definition) is 8. The molecule has 3 aromatic carbocycles. The van der Waals surface area contributed by atoms with E-state index in [0.29, 0.717) is 35.9 Å². The summed E-state index contributed by atoms with van der Waals surface area (Å²) in [6.45, 7) is 1.81. The number of H-pyrrole nitrogens is 1. The van der Waals surface area contributed by atoms with E-state index in [9.17, 15) is 49.8 Å². The number of fused-ring (bicyclic) bond motifs is 2. The van der Waals surface area contributed by atoms with Crippen LogP contribution in [0, 0.1) is 6.92 Å². The van der Waals surface area contributed by atoms with E-state index in [1.54, 1.807) is 24.5 Å². The molecule has 0 unspecified atom stereocenters. The first kappa shape index (κ1) is 43.5. The number of benzene rings is 3. The van der Waals surface area contributed by atoms with Crippen LogP contribution in [0.3, 0.4) is 0 Å². The second kappa shape index (κ2) is 19.0. The smallest absolute Gasteiger partial charge is 0.337 e. The van der Waals surface area contributed by atoms with E-state index in [1.807, 2.05) is 31.2 Å². The molecule has 18 nitrogen and oxygen atoms in total. The third kappa shape index (κ3) is 9.35. The van der Waals surface area contributed by atoms with Crippen LogP contribution in [0.5, 0.6) is 11.5 Å². The third-order valence-electron chi connectivity index (χ3n) is 10.4. The molecule has 62 heavy (non-hydrogen) atoms. The summed E-state index contributed by atoms with van der Waals surface area (Å²) < 4.78 is 24.5. The van der Waals surface area contributed by atoms with Gasteiger partial charge in [0.15, 0.2) is 11.5 Å². The number of carbonyl (C=O) groups excluding carboxylic acids is 2. The summed E-state index contributed by atoms with van der Waals surface area (Å²) in [5.74, 6) is -3.11. The van der Waals surface area contributed by atoms with Crippen molar-refractivity contribution in [3.05, 3.63) is 107 Å². The molecule has 326 valence electrons. The Bertz CT molecular complexity index is 2600. The molecule has 4 heterocycles. The largest absolute Gasteiger partial charge is 0.508 e. The number of nitrogens with zero attached hydrogens (tertiary/aromatic N) is 1. The Kier molecular flexibility index (Phi) is 13.4. The molecule has 7 atom stereocenters. The number of aromatic hydroxyl groups is 1. The molecule has 0 radical (unpaired) electrons. The Morgan fingerprint density at radius 3 is 2.55 bits per heavy atom. The fourth-order valence-corrected chi connectivity index (χ4v) is 7.34. The van der Waals surface area contributed by atoms with Gasteiger partial charge in [-0.1, -0.05) is 23.8 Å². The lowest BCUT2D eigenvalue weighted by Crippen LogP contribution is -2.65. The van der Waals surface area contributed by atoms with E-state index >= 15 is 0 Å². The third-order valence-corrected chi connectivity index (χ3v) is 10.4. The Hall–Kier alpha value is -6.54. The standard InChI is InChI=1S/C44H45N3O15/c1-23-17-24(5-2-3-15-48)19-27(18-23)35-33-26(12-14-46-33)21-47(35)62-40-38(53)37(52)39(43(57)61-42(56)34(41(54)55)45-13-4-16-49)60-44(40)59-29-10-11-30-32(20-29)58-22-31(36(30)51)25-6-8-28(50)9-7-25/h6-12,14,16-22,34,37-40,43-46,48,50,52-53,57H,2-5,13,15H2,1H3,(H,54,55)/t34-,37-,38-,39-,40+,43+,44+/m1/s1. The summed E-state index contributed by atoms with van der Waals surface area (Å²) in [7, 11) is 0. The number of aryl methyl sites for hydroxylation is 2. The van der Waals surface area contributed by atoms with Gasteiger partial charge < -0.3 is 63.9 Å². The molecule has 6 aromatic rings. The lowest BCUT2D eigenvalue weighted by Gasteiger charge is -2.42. The maximum absolute atomic E-state index is 13.5. The second-order valence-corrected chi connectivity index (χ2v) is 14.8. The molecule has 1 aliphatic heterocycles. The van der Waals surface area contributed by atoms with Crippen molar-refractivity contribution in [3.8, 4) is 33.9 Å². The van der Waals surface area contributed by atoms with Gasteiger partial charge in [0.1, 0.15) is 47.5 Å². The summed E-state index contributed by atoms with van der Waals surface area (Å²) in [4.78, 5) is 58.7. The van der Waals surface area contributed by atoms with Crippen molar-refractivity contribution < 1.29 is 68.5 Å². The number of aliphatic hydroxyl groups excluding tert-OH is 4. The zero-order chi connectivity index (χ0) is 44.1. The first-order chi connectivity index (χ1) is 29.9. The maximum Gasteiger partial charge on any atom is 0.337 e. The van der Waals surface area contributed by atoms with E-state index in [4.69, 9.17) is 23.5 Å². The van der Waals surface area contributed by atoms with E-state index in [2.05, 4.69) is 10.3 Å². The SMILES string of the molecule is Cc1cc(CCCCO)cc(-c2c3[nH]ccc3cn2O[C@@H]2[C@@H](Oc3ccc4c(=O)c(-c5ccc(O)cc5)coc4c3)O[C@@H]([C@@H](O)OC(=O)[C@H](NCCC=O)C(=O)O)[C@H](O)[C@H]2O)c1. The van der Waals surface area contributed by atoms with Crippen LogP contribution in [0.2, 0.25) is 0 Å². The zero-order valence-electron chi connectivity index (χ0n) is 33.2. The van der Waals surface area contributed by atoms with E-state index in [0.717, 1.165) is 28.5 Å². The number of aliphatic hydroxyl groups is 4. The number of carboxylic acid groups (broad SMARTS) is 1. The molecule has 0 spiro atoms. The monoisotopic (exact) mass is 855 g/mol. The number of phenols is 1. The fourth-order valence-electron chi connectivity index (χ4n) is 7.34. The summed E-state index contributed by atoms with van der Waals surface area (Å²) in [5.41, 5.74) is 4.33. The number of unbranched alkanes of at least 4 members (excludes halogenated alkanes) is 1. The molecule has 0 bridgehead atoms. The van der Waals surface area contributed by atoms with Gasteiger partial charge in [0.25, 0.3) is 0 Å². The number of esters is 1. The van der Waals surface area contributed by atoms with Crippen LogP contribution < -0.4 is 20.3 Å². The van der Waals surface area contributed by atoms with Gasteiger partial charge in [0.2, 0.25) is 24.7 Å². The van der Waals surface area contributed by atoms with Crippen molar-refractivity contribution in [2.24, 2.45) is 0 Å². The lowest BCUT2D eigenvalue weighted by atomic mass is 9.98. The molecule has 0 saturated carbocycles. The number of aldehydes is 1. The minimum Gasteiger partial charge on any atom is -0.508 e. The quantitative estimate of drug-likeness (QED) is 0.0203.